The monoisotopic (exact) mass is 427 g/mol. The number of ether oxygens (including phenoxy) is 4. The van der Waals surface area contributed by atoms with E-state index in [-0.39, 0.29) is 18.4 Å². The average molecular weight is 427 g/mol. The zero-order chi connectivity index (χ0) is 22.0. The lowest BCUT2D eigenvalue weighted by atomic mass is 10.2. The summed E-state index contributed by atoms with van der Waals surface area (Å²) >= 11 is 0. The maximum absolute atomic E-state index is 11.8. The molecule has 10 heteroatoms. The third kappa shape index (κ3) is 11.5. The number of carbonyl (C=O) groups excluding carboxylic acids is 3. The summed E-state index contributed by atoms with van der Waals surface area (Å²) in [7, 11) is 1.53. The van der Waals surface area contributed by atoms with Crippen molar-refractivity contribution in [3.63, 3.8) is 0 Å². The van der Waals surface area contributed by atoms with E-state index in [9.17, 15) is 14.4 Å². The Kier molecular flexibility index (Phi) is 14.0. The Bertz CT molecular complexity index is 593. The maximum Gasteiger partial charge on any atom is 0.407 e. The van der Waals surface area contributed by atoms with Crippen LogP contribution >= 0.6 is 0 Å². The Morgan fingerprint density at radius 1 is 1.00 bits per heavy atom. The van der Waals surface area contributed by atoms with Gasteiger partial charge in [-0.2, -0.15) is 0 Å². The van der Waals surface area contributed by atoms with Crippen LogP contribution in [-0.4, -0.2) is 89.2 Å². The molecule has 1 rings (SSSR count). The first kappa shape index (κ1) is 25.6. The number of carbonyl (C=O) groups is 3. The lowest BCUT2D eigenvalue weighted by Crippen LogP contribution is -2.30. The Balaban J connectivity index is 1.88. The summed E-state index contributed by atoms with van der Waals surface area (Å²) in [5.74, 6) is -0.114. The van der Waals surface area contributed by atoms with Crippen molar-refractivity contribution in [2.75, 3.05) is 66.4 Å². The molecule has 10 nitrogen and oxygen atoms in total. The van der Waals surface area contributed by atoms with Gasteiger partial charge in [0.05, 0.1) is 33.0 Å². The lowest BCUT2D eigenvalue weighted by Gasteiger charge is -2.17. The predicted octanol–water partition coefficient (Wildman–Crippen LogP) is 0.591. The number of allylic oxidation sites excluding steroid dienone is 2. The fourth-order valence-electron chi connectivity index (χ4n) is 2.52. The summed E-state index contributed by atoms with van der Waals surface area (Å²) in [6, 6.07) is 0. The molecule has 0 saturated carbocycles. The molecule has 2 N–H and O–H groups in total. The van der Waals surface area contributed by atoms with Crippen molar-refractivity contribution < 1.29 is 33.3 Å². The van der Waals surface area contributed by atoms with Crippen molar-refractivity contribution in [2.24, 2.45) is 0 Å². The average Bonchev–Trinajstić information content (AvgIpc) is 3.09. The molecule has 0 aliphatic carbocycles. The number of hydrogen-bond donors (Lipinski definition) is 2. The lowest BCUT2D eigenvalue weighted by molar-refractivity contribution is -0.124. The molecule has 0 aromatic heterocycles. The largest absolute Gasteiger partial charge is 0.447 e. The fraction of sp³-hybridized carbons (Fsp3) is 0.650. The quantitative estimate of drug-likeness (QED) is 0.346. The van der Waals surface area contributed by atoms with Crippen molar-refractivity contribution in [3.8, 4) is 0 Å². The number of alkyl carbamates (subject to hydrolysis) is 1. The van der Waals surface area contributed by atoms with Gasteiger partial charge in [-0.1, -0.05) is 6.08 Å². The van der Waals surface area contributed by atoms with E-state index in [1.165, 1.54) is 13.2 Å². The summed E-state index contributed by atoms with van der Waals surface area (Å²) in [5, 5.41) is 5.33. The van der Waals surface area contributed by atoms with E-state index in [0.717, 1.165) is 5.70 Å². The van der Waals surface area contributed by atoms with E-state index >= 15 is 0 Å². The van der Waals surface area contributed by atoms with E-state index in [0.29, 0.717) is 65.5 Å². The number of rotatable bonds is 16. The van der Waals surface area contributed by atoms with Gasteiger partial charge in [-0.05, 0) is 19.4 Å². The van der Waals surface area contributed by atoms with Gasteiger partial charge in [-0.3, -0.25) is 9.59 Å². The van der Waals surface area contributed by atoms with E-state index in [1.54, 1.807) is 11.0 Å². The van der Waals surface area contributed by atoms with Gasteiger partial charge >= 0.3 is 6.09 Å². The van der Waals surface area contributed by atoms with Gasteiger partial charge in [0.2, 0.25) is 5.91 Å². The van der Waals surface area contributed by atoms with Crippen molar-refractivity contribution in [1.82, 2.24) is 15.5 Å². The highest BCUT2D eigenvalue weighted by Gasteiger charge is 2.18. The Hall–Kier alpha value is -2.43. The number of methoxy groups -OCH3 is 1. The second-order valence-corrected chi connectivity index (χ2v) is 6.27. The van der Waals surface area contributed by atoms with E-state index in [1.807, 2.05) is 13.0 Å². The van der Waals surface area contributed by atoms with Crippen LogP contribution in [0.1, 0.15) is 19.8 Å². The van der Waals surface area contributed by atoms with Crippen LogP contribution in [0.4, 0.5) is 4.79 Å². The molecule has 0 unspecified atom stereocenters. The highest BCUT2D eigenvalue weighted by molar-refractivity contribution is 5.93. The van der Waals surface area contributed by atoms with Crippen LogP contribution in [-0.2, 0) is 28.5 Å². The molecule has 1 heterocycles. The molecule has 170 valence electrons. The molecule has 3 amide bonds. The summed E-state index contributed by atoms with van der Waals surface area (Å²) in [6.45, 7) is 5.24. The first-order chi connectivity index (χ1) is 14.6. The number of nitrogens with one attached hydrogen (secondary N) is 2. The predicted molar refractivity (Wildman–Crippen MR) is 110 cm³/mol. The van der Waals surface area contributed by atoms with E-state index in [4.69, 9.17) is 18.9 Å². The normalized spacial score (nSPS) is 14.4. The van der Waals surface area contributed by atoms with Crippen LogP contribution in [0.3, 0.4) is 0 Å². The third-order valence-electron chi connectivity index (χ3n) is 4.03. The zero-order valence-corrected chi connectivity index (χ0v) is 17.8. The van der Waals surface area contributed by atoms with Gasteiger partial charge in [0.25, 0.3) is 5.91 Å². The molecule has 0 spiro atoms. The molecule has 1 aliphatic rings. The second kappa shape index (κ2) is 16.4. The van der Waals surface area contributed by atoms with Crippen molar-refractivity contribution in [2.45, 2.75) is 19.8 Å². The minimum atomic E-state index is -0.506. The Labute approximate surface area is 177 Å². The van der Waals surface area contributed by atoms with E-state index in [2.05, 4.69) is 10.6 Å². The van der Waals surface area contributed by atoms with Crippen molar-refractivity contribution in [3.05, 3.63) is 23.9 Å². The van der Waals surface area contributed by atoms with Crippen LogP contribution in [0.5, 0.6) is 0 Å². The molecule has 0 bridgehead atoms. The van der Waals surface area contributed by atoms with Crippen molar-refractivity contribution >= 4 is 17.9 Å². The van der Waals surface area contributed by atoms with Crippen LogP contribution < -0.4 is 10.6 Å². The summed E-state index contributed by atoms with van der Waals surface area (Å²) in [6.07, 6.45) is 5.62. The van der Waals surface area contributed by atoms with Gasteiger partial charge < -0.3 is 34.5 Å². The molecule has 0 aromatic carbocycles. The second-order valence-electron chi connectivity index (χ2n) is 6.27. The number of hydrogen-bond acceptors (Lipinski definition) is 7. The van der Waals surface area contributed by atoms with Gasteiger partial charge in [0, 0.05) is 44.9 Å². The Morgan fingerprint density at radius 3 is 2.37 bits per heavy atom. The van der Waals surface area contributed by atoms with Crippen molar-refractivity contribution in [1.29, 1.82) is 0 Å². The number of amides is 3. The van der Waals surface area contributed by atoms with Gasteiger partial charge in [-0.25, -0.2) is 4.79 Å². The summed E-state index contributed by atoms with van der Waals surface area (Å²) in [5.41, 5.74) is 0.869. The standard InChI is InChI=1S/C20H33N3O7/c1-3-17-6-7-19(25)23(17)10-4-5-18(24)21-8-11-28-14-15-29-12-9-22-20(26)30-16-13-27-2/h3,6-7H,4-5,8-16H2,1-2H3,(H,21,24)(H,22,26)/b17-3+. The molecule has 30 heavy (non-hydrogen) atoms. The maximum atomic E-state index is 11.8. The summed E-state index contributed by atoms with van der Waals surface area (Å²) < 4.78 is 20.3. The van der Waals surface area contributed by atoms with Gasteiger partial charge in [0.15, 0.2) is 0 Å². The highest BCUT2D eigenvalue weighted by Crippen LogP contribution is 2.15. The van der Waals surface area contributed by atoms with Gasteiger partial charge in [0.1, 0.15) is 6.61 Å². The molecule has 0 radical (unpaired) electrons. The third-order valence-corrected chi connectivity index (χ3v) is 4.03. The highest BCUT2D eigenvalue weighted by atomic mass is 16.6. The molecule has 1 aliphatic heterocycles. The molecule has 0 aromatic rings. The molecule has 0 atom stereocenters. The molecule has 0 saturated heterocycles. The molecular weight excluding hydrogens is 394 g/mol. The number of nitrogens with zero attached hydrogens (tertiary/aromatic N) is 1. The van der Waals surface area contributed by atoms with Gasteiger partial charge in [-0.15, -0.1) is 0 Å². The first-order valence-electron chi connectivity index (χ1n) is 10.1. The minimum Gasteiger partial charge on any atom is -0.447 e. The van der Waals surface area contributed by atoms with Crippen LogP contribution in [0, 0.1) is 0 Å². The Morgan fingerprint density at radius 2 is 1.70 bits per heavy atom. The first-order valence-corrected chi connectivity index (χ1v) is 10.1. The molecule has 0 fully saturated rings. The van der Waals surface area contributed by atoms with Crippen LogP contribution in [0.15, 0.2) is 23.9 Å². The van der Waals surface area contributed by atoms with Crippen LogP contribution in [0.25, 0.3) is 0 Å². The minimum absolute atomic E-state index is 0.0445. The summed E-state index contributed by atoms with van der Waals surface area (Å²) in [4.78, 5) is 36.4. The van der Waals surface area contributed by atoms with Crippen LogP contribution in [0.2, 0.25) is 0 Å². The fourth-order valence-corrected chi connectivity index (χ4v) is 2.52. The smallest absolute Gasteiger partial charge is 0.407 e. The SMILES string of the molecule is C/C=C1\C=CC(=O)N1CCCC(=O)NCCOCCOCCNC(=O)OCCOC. The zero-order valence-electron chi connectivity index (χ0n) is 17.8. The topological polar surface area (TPSA) is 115 Å². The molecular formula is C20H33N3O7. The van der Waals surface area contributed by atoms with E-state index < -0.39 is 6.09 Å².